The Hall–Kier alpha value is -1.05. The average molecular weight is 476 g/mol. The first-order valence-electron chi connectivity index (χ1n) is 6.03. The van der Waals surface area contributed by atoms with Gasteiger partial charge in [0.2, 0.25) is 0 Å². The standard InChI is InChI=1S/C15H9BrClIN2O/c16-10-4-1-8(2-5-10)13-14(21-20-15(13)19)9-3-6-12(18)11(17)7-9/h1-7H,(H2,19,20). The molecule has 0 atom stereocenters. The van der Waals surface area contributed by atoms with Crippen molar-refractivity contribution in [1.82, 2.24) is 5.16 Å². The van der Waals surface area contributed by atoms with Crippen LogP contribution in [-0.4, -0.2) is 5.16 Å². The quantitative estimate of drug-likeness (QED) is 0.490. The minimum atomic E-state index is 0.363. The Morgan fingerprint density at radius 2 is 1.76 bits per heavy atom. The molecule has 0 aliphatic heterocycles. The van der Waals surface area contributed by atoms with Gasteiger partial charge >= 0.3 is 0 Å². The Balaban J connectivity index is 2.16. The second-order valence-electron chi connectivity index (χ2n) is 4.41. The Kier molecular flexibility index (Phi) is 4.24. The number of hydrogen-bond donors (Lipinski definition) is 1. The van der Waals surface area contributed by atoms with Crippen molar-refractivity contribution < 1.29 is 4.52 Å². The predicted octanol–water partition coefficient (Wildman–Crippen LogP) is 5.61. The van der Waals surface area contributed by atoms with Crippen LogP contribution in [0.15, 0.2) is 51.5 Å². The summed E-state index contributed by atoms with van der Waals surface area (Å²) in [5, 5.41) is 4.56. The Bertz CT molecular complexity index is 802. The largest absolute Gasteiger partial charge is 0.380 e. The fourth-order valence-corrected chi connectivity index (χ4v) is 2.81. The van der Waals surface area contributed by atoms with Crippen molar-refractivity contribution in [1.29, 1.82) is 0 Å². The zero-order chi connectivity index (χ0) is 15.0. The lowest BCUT2D eigenvalue weighted by Crippen LogP contribution is -1.89. The van der Waals surface area contributed by atoms with Crippen molar-refractivity contribution in [3.63, 3.8) is 0 Å². The first kappa shape index (κ1) is 14.9. The van der Waals surface area contributed by atoms with Crippen LogP contribution in [0.2, 0.25) is 5.02 Å². The SMILES string of the molecule is Nc1noc(-c2ccc(I)c(Cl)c2)c1-c1ccc(Br)cc1. The van der Waals surface area contributed by atoms with E-state index >= 15 is 0 Å². The highest BCUT2D eigenvalue weighted by Crippen LogP contribution is 2.38. The number of nitrogens with two attached hydrogens (primary N) is 1. The van der Waals surface area contributed by atoms with Crippen LogP contribution in [0.25, 0.3) is 22.5 Å². The number of hydrogen-bond acceptors (Lipinski definition) is 3. The van der Waals surface area contributed by atoms with E-state index in [4.69, 9.17) is 21.9 Å². The van der Waals surface area contributed by atoms with Crippen molar-refractivity contribution in [3.8, 4) is 22.5 Å². The number of nitrogen functional groups attached to an aromatic ring is 1. The van der Waals surface area contributed by atoms with Gasteiger partial charge in [0.05, 0.1) is 10.6 Å². The van der Waals surface area contributed by atoms with E-state index in [0.717, 1.165) is 24.7 Å². The molecule has 0 spiro atoms. The summed E-state index contributed by atoms with van der Waals surface area (Å²) >= 11 is 11.8. The summed E-state index contributed by atoms with van der Waals surface area (Å²) in [6.45, 7) is 0. The normalized spacial score (nSPS) is 10.8. The molecule has 0 saturated carbocycles. The molecule has 0 bridgehead atoms. The van der Waals surface area contributed by atoms with Gasteiger partial charge in [-0.25, -0.2) is 0 Å². The van der Waals surface area contributed by atoms with E-state index in [1.807, 2.05) is 42.5 Å². The highest BCUT2D eigenvalue weighted by Gasteiger charge is 2.18. The van der Waals surface area contributed by atoms with Crippen LogP contribution in [0.1, 0.15) is 0 Å². The van der Waals surface area contributed by atoms with Gasteiger partial charge in [0.1, 0.15) is 0 Å². The van der Waals surface area contributed by atoms with Gasteiger partial charge in [0, 0.05) is 13.6 Å². The minimum Gasteiger partial charge on any atom is -0.380 e. The number of aromatic nitrogens is 1. The van der Waals surface area contributed by atoms with Gasteiger partial charge in [-0.15, -0.1) is 0 Å². The van der Waals surface area contributed by atoms with E-state index in [1.54, 1.807) is 0 Å². The molecule has 0 saturated heterocycles. The number of anilines is 1. The van der Waals surface area contributed by atoms with Crippen LogP contribution < -0.4 is 5.73 Å². The molecular weight excluding hydrogens is 466 g/mol. The lowest BCUT2D eigenvalue weighted by molar-refractivity contribution is 0.436. The molecular formula is C15H9BrClIN2O. The summed E-state index contributed by atoms with van der Waals surface area (Å²) in [6, 6.07) is 13.6. The smallest absolute Gasteiger partial charge is 0.176 e. The summed E-state index contributed by atoms with van der Waals surface area (Å²) in [5.41, 5.74) is 8.54. The monoisotopic (exact) mass is 474 g/mol. The van der Waals surface area contributed by atoms with Gasteiger partial charge in [-0.2, -0.15) is 0 Å². The zero-order valence-corrected chi connectivity index (χ0v) is 15.1. The highest BCUT2D eigenvalue weighted by atomic mass is 127. The van der Waals surface area contributed by atoms with Gasteiger partial charge in [-0.1, -0.05) is 44.8 Å². The van der Waals surface area contributed by atoms with E-state index in [2.05, 4.69) is 43.7 Å². The molecule has 0 unspecified atom stereocenters. The van der Waals surface area contributed by atoms with Crippen molar-refractivity contribution >= 4 is 55.9 Å². The van der Waals surface area contributed by atoms with E-state index < -0.39 is 0 Å². The number of benzene rings is 2. The van der Waals surface area contributed by atoms with Crippen molar-refractivity contribution in [2.24, 2.45) is 0 Å². The lowest BCUT2D eigenvalue weighted by atomic mass is 10.0. The summed E-state index contributed by atoms with van der Waals surface area (Å²) in [6.07, 6.45) is 0. The number of halogens is 3. The number of nitrogens with zero attached hydrogens (tertiary/aromatic N) is 1. The molecule has 0 aliphatic rings. The van der Waals surface area contributed by atoms with Gasteiger partial charge < -0.3 is 10.3 Å². The van der Waals surface area contributed by atoms with Crippen LogP contribution in [0.3, 0.4) is 0 Å². The summed E-state index contributed by atoms with van der Waals surface area (Å²) < 4.78 is 7.40. The third-order valence-corrected chi connectivity index (χ3v) is 5.13. The maximum absolute atomic E-state index is 6.18. The maximum atomic E-state index is 6.18. The van der Waals surface area contributed by atoms with E-state index in [9.17, 15) is 0 Å². The molecule has 0 fully saturated rings. The Morgan fingerprint density at radius 3 is 2.43 bits per heavy atom. The molecule has 2 aromatic carbocycles. The summed E-state index contributed by atoms with van der Waals surface area (Å²) in [5.74, 6) is 0.982. The highest BCUT2D eigenvalue weighted by molar-refractivity contribution is 14.1. The molecule has 0 amide bonds. The molecule has 3 rings (SSSR count). The predicted molar refractivity (Wildman–Crippen MR) is 97.2 cm³/mol. The fourth-order valence-electron chi connectivity index (χ4n) is 2.03. The van der Waals surface area contributed by atoms with Crippen LogP contribution >= 0.6 is 50.1 Å². The maximum Gasteiger partial charge on any atom is 0.176 e. The molecule has 3 nitrogen and oxygen atoms in total. The van der Waals surface area contributed by atoms with Gasteiger partial charge in [0.25, 0.3) is 0 Å². The molecule has 106 valence electrons. The van der Waals surface area contributed by atoms with E-state index in [0.29, 0.717) is 16.6 Å². The number of rotatable bonds is 2. The Labute approximate surface area is 148 Å². The average Bonchev–Trinajstić information content (AvgIpc) is 2.85. The fraction of sp³-hybridized carbons (Fsp3) is 0. The molecule has 2 N–H and O–H groups in total. The van der Waals surface area contributed by atoms with Crippen molar-refractivity contribution in [2.75, 3.05) is 5.73 Å². The van der Waals surface area contributed by atoms with Crippen LogP contribution in [0, 0.1) is 3.57 Å². The van der Waals surface area contributed by atoms with Gasteiger partial charge in [0.15, 0.2) is 11.6 Å². The second kappa shape index (κ2) is 5.98. The summed E-state index contributed by atoms with van der Waals surface area (Å²) in [7, 11) is 0. The molecule has 1 aromatic heterocycles. The third kappa shape index (κ3) is 2.95. The van der Waals surface area contributed by atoms with Crippen molar-refractivity contribution in [3.05, 3.63) is 55.5 Å². The lowest BCUT2D eigenvalue weighted by Gasteiger charge is -2.04. The molecule has 3 aromatic rings. The van der Waals surface area contributed by atoms with Gasteiger partial charge in [-0.3, -0.25) is 0 Å². The van der Waals surface area contributed by atoms with Crippen LogP contribution in [0.4, 0.5) is 5.82 Å². The molecule has 1 heterocycles. The second-order valence-corrected chi connectivity index (χ2v) is 6.89. The van der Waals surface area contributed by atoms with E-state index in [-0.39, 0.29) is 0 Å². The third-order valence-electron chi connectivity index (χ3n) is 3.03. The molecule has 6 heteroatoms. The topological polar surface area (TPSA) is 52.0 Å². The van der Waals surface area contributed by atoms with Crippen molar-refractivity contribution in [2.45, 2.75) is 0 Å². The zero-order valence-electron chi connectivity index (χ0n) is 10.6. The first-order chi connectivity index (χ1) is 10.1. The molecule has 21 heavy (non-hydrogen) atoms. The molecule has 0 radical (unpaired) electrons. The minimum absolute atomic E-state index is 0.363. The van der Waals surface area contributed by atoms with Gasteiger partial charge in [-0.05, 0) is 58.5 Å². The summed E-state index contributed by atoms with van der Waals surface area (Å²) in [4.78, 5) is 0. The van der Waals surface area contributed by atoms with Crippen LogP contribution in [0.5, 0.6) is 0 Å². The Morgan fingerprint density at radius 1 is 1.10 bits per heavy atom. The first-order valence-corrected chi connectivity index (χ1v) is 8.28. The molecule has 0 aliphatic carbocycles. The van der Waals surface area contributed by atoms with Crippen LogP contribution in [-0.2, 0) is 0 Å². The van der Waals surface area contributed by atoms with E-state index in [1.165, 1.54) is 0 Å².